The van der Waals surface area contributed by atoms with Gasteiger partial charge in [-0.25, -0.2) is 0 Å². The zero-order valence-corrected chi connectivity index (χ0v) is 10.7. The van der Waals surface area contributed by atoms with E-state index in [1.54, 1.807) is 18.7 Å². The minimum atomic E-state index is -0.930. The smallest absolute Gasteiger partial charge is 0.237 e. The van der Waals surface area contributed by atoms with Gasteiger partial charge in [0.1, 0.15) is 0 Å². The van der Waals surface area contributed by atoms with Crippen LogP contribution in [0.3, 0.4) is 0 Å². The van der Waals surface area contributed by atoms with Crippen LogP contribution in [0.4, 0.5) is 0 Å². The second kappa shape index (κ2) is 4.88. The van der Waals surface area contributed by atoms with Gasteiger partial charge in [-0.05, 0) is 26.3 Å². The van der Waals surface area contributed by atoms with E-state index in [1.165, 1.54) is 0 Å². The van der Waals surface area contributed by atoms with Crippen LogP contribution in [-0.4, -0.2) is 27.0 Å². The number of hydrogen-bond donors (Lipinski definition) is 2. The highest BCUT2D eigenvalue weighted by molar-refractivity contribution is 7.99. The number of rotatable bonds is 5. The lowest BCUT2D eigenvalue weighted by atomic mass is 10.0. The fourth-order valence-electron chi connectivity index (χ4n) is 1.21. The third kappa shape index (κ3) is 3.24. The van der Waals surface area contributed by atoms with Gasteiger partial charge in [0.2, 0.25) is 5.91 Å². The summed E-state index contributed by atoms with van der Waals surface area (Å²) in [5.41, 5.74) is 11.0. The van der Waals surface area contributed by atoms with Crippen molar-refractivity contribution < 1.29 is 4.79 Å². The lowest BCUT2D eigenvalue weighted by Gasteiger charge is -2.19. The summed E-state index contributed by atoms with van der Waals surface area (Å²) < 4.78 is 1.82. The highest BCUT2D eigenvalue weighted by Gasteiger charge is 2.25. The monoisotopic (exact) mass is 242 g/mol. The number of thioether (sulfide) groups is 1. The molecular formula is C10H18N4OS. The van der Waals surface area contributed by atoms with Crippen molar-refractivity contribution in [2.24, 2.45) is 18.5 Å². The molecule has 0 fully saturated rings. The quantitative estimate of drug-likeness (QED) is 0.732. The normalized spacial score (nSPS) is 14.8. The molecule has 16 heavy (non-hydrogen) atoms. The van der Waals surface area contributed by atoms with Crippen molar-refractivity contribution >= 4 is 17.7 Å². The van der Waals surface area contributed by atoms with Crippen LogP contribution in [0.2, 0.25) is 0 Å². The maximum absolute atomic E-state index is 11.0. The first-order valence-electron chi connectivity index (χ1n) is 5.05. The number of carbonyl (C=O) groups excluding carboxylic acids is 1. The van der Waals surface area contributed by atoms with Gasteiger partial charge in [-0.2, -0.15) is 5.10 Å². The van der Waals surface area contributed by atoms with E-state index in [9.17, 15) is 4.79 Å². The molecule has 0 saturated heterocycles. The molecule has 0 radical (unpaired) electrons. The molecule has 0 saturated carbocycles. The molecular weight excluding hydrogens is 224 g/mol. The van der Waals surface area contributed by atoms with Crippen LogP contribution in [0.5, 0.6) is 0 Å². The van der Waals surface area contributed by atoms with Crippen molar-refractivity contribution in [3.8, 4) is 0 Å². The topological polar surface area (TPSA) is 86.9 Å². The SMILES string of the molecule is Cc1cc(SCCC(C)(N)C(N)=O)n(C)n1. The molecule has 1 rings (SSSR count). The molecule has 1 aromatic rings. The summed E-state index contributed by atoms with van der Waals surface area (Å²) >= 11 is 1.62. The molecule has 4 N–H and O–H groups in total. The fraction of sp³-hybridized carbons (Fsp3) is 0.600. The van der Waals surface area contributed by atoms with Crippen molar-refractivity contribution in [3.05, 3.63) is 11.8 Å². The Kier molecular flexibility index (Phi) is 3.98. The summed E-state index contributed by atoms with van der Waals surface area (Å²) in [5, 5.41) is 5.30. The number of nitrogens with zero attached hydrogens (tertiary/aromatic N) is 2. The minimum Gasteiger partial charge on any atom is -0.368 e. The number of amides is 1. The van der Waals surface area contributed by atoms with Crippen LogP contribution in [0.15, 0.2) is 11.1 Å². The Balaban J connectivity index is 2.48. The second-order valence-electron chi connectivity index (χ2n) is 4.13. The highest BCUT2D eigenvalue weighted by atomic mass is 32.2. The molecule has 0 aliphatic rings. The maximum Gasteiger partial charge on any atom is 0.237 e. The number of hydrogen-bond acceptors (Lipinski definition) is 4. The standard InChI is InChI=1S/C10H18N4OS/c1-7-6-8(14(3)13-7)16-5-4-10(2,12)9(11)15/h6H,4-5,12H2,1-3H3,(H2,11,15). The van der Waals surface area contributed by atoms with Crippen LogP contribution in [0, 0.1) is 6.92 Å². The van der Waals surface area contributed by atoms with Gasteiger partial charge in [0.25, 0.3) is 0 Å². The summed E-state index contributed by atoms with van der Waals surface area (Å²) in [5.74, 6) is 0.281. The van der Waals surface area contributed by atoms with Gasteiger partial charge >= 0.3 is 0 Å². The minimum absolute atomic E-state index is 0.464. The first-order chi connectivity index (χ1) is 7.33. The summed E-state index contributed by atoms with van der Waals surface area (Å²) in [6.45, 7) is 3.60. The molecule has 0 aliphatic carbocycles. The van der Waals surface area contributed by atoms with Crippen LogP contribution in [0.25, 0.3) is 0 Å². The Morgan fingerprint density at radius 2 is 2.31 bits per heavy atom. The Hall–Kier alpha value is -1.01. The number of nitrogens with two attached hydrogens (primary N) is 2. The molecule has 90 valence electrons. The van der Waals surface area contributed by atoms with E-state index in [0.717, 1.165) is 16.5 Å². The van der Waals surface area contributed by atoms with E-state index < -0.39 is 11.4 Å². The van der Waals surface area contributed by atoms with Crippen LogP contribution in [-0.2, 0) is 11.8 Å². The average molecular weight is 242 g/mol. The molecule has 5 nitrogen and oxygen atoms in total. The molecule has 0 spiro atoms. The van der Waals surface area contributed by atoms with Crippen molar-refractivity contribution in [2.45, 2.75) is 30.8 Å². The maximum atomic E-state index is 11.0. The molecule has 0 bridgehead atoms. The molecule has 1 atom stereocenters. The summed E-state index contributed by atoms with van der Waals surface area (Å²) in [4.78, 5) is 11.0. The Bertz CT molecular complexity index is 386. The molecule has 0 aromatic carbocycles. The van der Waals surface area contributed by atoms with E-state index in [1.807, 2.05) is 24.7 Å². The Morgan fingerprint density at radius 3 is 2.75 bits per heavy atom. The largest absolute Gasteiger partial charge is 0.368 e. The van der Waals surface area contributed by atoms with E-state index in [0.29, 0.717) is 6.42 Å². The van der Waals surface area contributed by atoms with E-state index >= 15 is 0 Å². The van der Waals surface area contributed by atoms with Gasteiger partial charge in [0.15, 0.2) is 0 Å². The predicted molar refractivity (Wildman–Crippen MR) is 65.1 cm³/mol. The highest BCUT2D eigenvalue weighted by Crippen LogP contribution is 2.21. The zero-order chi connectivity index (χ0) is 12.3. The number of aromatic nitrogens is 2. The number of primary amides is 1. The van der Waals surface area contributed by atoms with Crippen molar-refractivity contribution in [2.75, 3.05) is 5.75 Å². The van der Waals surface area contributed by atoms with Gasteiger partial charge in [0.05, 0.1) is 16.3 Å². The van der Waals surface area contributed by atoms with E-state index in [2.05, 4.69) is 5.10 Å². The summed E-state index contributed by atoms with van der Waals surface area (Å²) in [6, 6.07) is 2.00. The predicted octanol–water partition coefficient (Wildman–Crippen LogP) is 0.413. The Morgan fingerprint density at radius 1 is 1.69 bits per heavy atom. The fourth-order valence-corrected chi connectivity index (χ4v) is 2.43. The van der Waals surface area contributed by atoms with Crippen LogP contribution >= 0.6 is 11.8 Å². The van der Waals surface area contributed by atoms with Gasteiger partial charge in [-0.3, -0.25) is 9.48 Å². The van der Waals surface area contributed by atoms with Gasteiger partial charge in [-0.1, -0.05) is 0 Å². The average Bonchev–Trinajstić information content (AvgIpc) is 2.44. The number of carbonyl (C=O) groups is 1. The third-order valence-corrected chi connectivity index (χ3v) is 3.48. The summed E-state index contributed by atoms with van der Waals surface area (Å²) in [7, 11) is 1.89. The Labute approximate surface area is 99.6 Å². The van der Waals surface area contributed by atoms with E-state index in [-0.39, 0.29) is 0 Å². The van der Waals surface area contributed by atoms with Crippen LogP contribution in [0.1, 0.15) is 19.0 Å². The van der Waals surface area contributed by atoms with Gasteiger partial charge < -0.3 is 11.5 Å². The summed E-state index contributed by atoms with van der Waals surface area (Å²) in [6.07, 6.45) is 0.553. The van der Waals surface area contributed by atoms with Crippen molar-refractivity contribution in [1.29, 1.82) is 0 Å². The molecule has 1 aromatic heterocycles. The van der Waals surface area contributed by atoms with Gasteiger partial charge in [-0.15, -0.1) is 11.8 Å². The zero-order valence-electron chi connectivity index (χ0n) is 9.86. The third-order valence-electron chi connectivity index (χ3n) is 2.39. The number of aryl methyl sites for hydroxylation is 2. The van der Waals surface area contributed by atoms with Crippen molar-refractivity contribution in [1.82, 2.24) is 9.78 Å². The molecule has 1 amide bonds. The molecule has 0 aliphatic heterocycles. The van der Waals surface area contributed by atoms with Crippen molar-refractivity contribution in [3.63, 3.8) is 0 Å². The molecule has 6 heteroatoms. The lowest BCUT2D eigenvalue weighted by Crippen LogP contribution is -2.49. The van der Waals surface area contributed by atoms with Crippen LogP contribution < -0.4 is 11.5 Å². The first kappa shape index (κ1) is 13.1. The molecule has 1 heterocycles. The second-order valence-corrected chi connectivity index (χ2v) is 5.24. The van der Waals surface area contributed by atoms with Gasteiger partial charge in [0, 0.05) is 12.8 Å². The lowest BCUT2D eigenvalue weighted by molar-refractivity contribution is -0.122. The molecule has 1 unspecified atom stereocenters. The first-order valence-corrected chi connectivity index (χ1v) is 6.04. The van der Waals surface area contributed by atoms with E-state index in [4.69, 9.17) is 11.5 Å².